The molecular formula is C9H16N2O2. The van der Waals surface area contributed by atoms with Crippen LogP contribution in [0.25, 0.3) is 0 Å². The van der Waals surface area contributed by atoms with Crippen LogP contribution in [0.1, 0.15) is 12.8 Å². The van der Waals surface area contributed by atoms with Gasteiger partial charge in [0.2, 0.25) is 5.91 Å². The van der Waals surface area contributed by atoms with Crippen LogP contribution < -0.4 is 5.73 Å². The second-order valence-electron chi connectivity index (χ2n) is 4.16. The predicted octanol–water partition coefficient (Wildman–Crippen LogP) is -0.417. The molecule has 2 rings (SSSR count). The van der Waals surface area contributed by atoms with Crippen LogP contribution in [-0.4, -0.2) is 43.7 Å². The lowest BCUT2D eigenvalue weighted by Gasteiger charge is -2.31. The molecule has 2 bridgehead atoms. The standard InChI is InChI=1S/C9H16N2O2/c1-13-7(8(10)12)9-2-4-11(6-9)5-3-9/h7H,2-6H2,1H3,(H2,10,12). The highest BCUT2D eigenvalue weighted by molar-refractivity contribution is 5.80. The average Bonchev–Trinajstić information content (AvgIpc) is 2.64. The van der Waals surface area contributed by atoms with Gasteiger partial charge in [-0.15, -0.1) is 0 Å². The summed E-state index contributed by atoms with van der Waals surface area (Å²) >= 11 is 0. The molecule has 0 aliphatic carbocycles. The molecule has 2 aliphatic heterocycles. The van der Waals surface area contributed by atoms with Crippen molar-refractivity contribution in [2.45, 2.75) is 18.9 Å². The van der Waals surface area contributed by atoms with Crippen LogP contribution in [0, 0.1) is 5.41 Å². The fourth-order valence-electron chi connectivity index (χ4n) is 2.77. The Morgan fingerprint density at radius 3 is 2.46 bits per heavy atom. The Morgan fingerprint density at radius 2 is 2.15 bits per heavy atom. The number of carbonyl (C=O) groups is 1. The highest BCUT2D eigenvalue weighted by atomic mass is 16.5. The normalized spacial score (nSPS) is 39.3. The van der Waals surface area contributed by atoms with Crippen LogP contribution in [0.4, 0.5) is 0 Å². The molecule has 2 fully saturated rings. The molecular weight excluding hydrogens is 168 g/mol. The van der Waals surface area contributed by atoms with E-state index in [1.807, 2.05) is 0 Å². The first-order valence-corrected chi connectivity index (χ1v) is 4.72. The average molecular weight is 184 g/mol. The molecule has 0 radical (unpaired) electrons. The lowest BCUT2D eigenvalue weighted by molar-refractivity contribution is -0.135. The van der Waals surface area contributed by atoms with Gasteiger partial charge >= 0.3 is 0 Å². The van der Waals surface area contributed by atoms with Gasteiger partial charge in [-0.25, -0.2) is 0 Å². The number of nitrogens with two attached hydrogens (primary N) is 1. The van der Waals surface area contributed by atoms with E-state index in [0.717, 1.165) is 32.5 Å². The van der Waals surface area contributed by atoms with Crippen LogP contribution in [0.5, 0.6) is 0 Å². The summed E-state index contributed by atoms with van der Waals surface area (Å²) in [6, 6.07) is 0. The molecule has 1 unspecified atom stereocenters. The molecule has 0 aromatic rings. The SMILES string of the molecule is COC(C(N)=O)C12CCN(CC1)C2. The van der Waals surface area contributed by atoms with Crippen molar-refractivity contribution in [3.05, 3.63) is 0 Å². The van der Waals surface area contributed by atoms with E-state index < -0.39 is 0 Å². The number of hydrogen-bond acceptors (Lipinski definition) is 3. The summed E-state index contributed by atoms with van der Waals surface area (Å²) in [6.07, 6.45) is 1.71. The van der Waals surface area contributed by atoms with Crippen LogP contribution in [0.2, 0.25) is 0 Å². The topological polar surface area (TPSA) is 55.6 Å². The molecule has 2 N–H and O–H groups in total. The number of rotatable bonds is 3. The second-order valence-corrected chi connectivity index (χ2v) is 4.16. The van der Waals surface area contributed by atoms with Gasteiger partial charge in [0.25, 0.3) is 0 Å². The summed E-state index contributed by atoms with van der Waals surface area (Å²) < 4.78 is 5.22. The first kappa shape index (κ1) is 8.97. The summed E-state index contributed by atoms with van der Waals surface area (Å²) in [4.78, 5) is 13.5. The number of piperidine rings is 1. The van der Waals surface area contributed by atoms with Gasteiger partial charge in [-0.1, -0.05) is 0 Å². The minimum atomic E-state index is -0.389. The maximum Gasteiger partial charge on any atom is 0.247 e. The lowest BCUT2D eigenvalue weighted by atomic mass is 9.78. The molecule has 2 saturated heterocycles. The molecule has 4 nitrogen and oxygen atoms in total. The Labute approximate surface area is 78.0 Å². The molecule has 0 aromatic heterocycles. The number of primary amides is 1. The van der Waals surface area contributed by atoms with Crippen molar-refractivity contribution in [2.24, 2.45) is 11.1 Å². The van der Waals surface area contributed by atoms with E-state index in [1.54, 1.807) is 7.11 Å². The predicted molar refractivity (Wildman–Crippen MR) is 48.1 cm³/mol. The summed E-state index contributed by atoms with van der Waals surface area (Å²) in [5, 5.41) is 0. The van der Waals surface area contributed by atoms with Crippen molar-refractivity contribution < 1.29 is 9.53 Å². The number of ether oxygens (including phenoxy) is 1. The number of nitrogens with zero attached hydrogens (tertiary/aromatic N) is 1. The molecule has 13 heavy (non-hydrogen) atoms. The third-order valence-electron chi connectivity index (χ3n) is 3.44. The Kier molecular flexibility index (Phi) is 2.04. The highest BCUT2D eigenvalue weighted by Crippen LogP contribution is 2.44. The van der Waals surface area contributed by atoms with Crippen molar-refractivity contribution in [2.75, 3.05) is 26.7 Å². The molecule has 0 spiro atoms. The van der Waals surface area contributed by atoms with Gasteiger partial charge in [0, 0.05) is 19.1 Å². The Balaban J connectivity index is 2.17. The van der Waals surface area contributed by atoms with Crippen LogP contribution in [0.15, 0.2) is 0 Å². The Hall–Kier alpha value is -0.610. The number of methoxy groups -OCH3 is 1. The van der Waals surface area contributed by atoms with Gasteiger partial charge in [-0.2, -0.15) is 0 Å². The first-order chi connectivity index (χ1) is 6.18. The van der Waals surface area contributed by atoms with Crippen molar-refractivity contribution >= 4 is 5.91 Å². The first-order valence-electron chi connectivity index (χ1n) is 4.72. The van der Waals surface area contributed by atoms with Crippen LogP contribution >= 0.6 is 0 Å². The molecule has 74 valence electrons. The van der Waals surface area contributed by atoms with Gasteiger partial charge < -0.3 is 15.4 Å². The zero-order valence-electron chi connectivity index (χ0n) is 7.95. The number of carbonyl (C=O) groups excluding carboxylic acids is 1. The molecule has 2 aliphatic rings. The van der Waals surface area contributed by atoms with Gasteiger partial charge in [0.05, 0.1) is 0 Å². The van der Waals surface area contributed by atoms with Crippen molar-refractivity contribution in [1.82, 2.24) is 4.90 Å². The summed E-state index contributed by atoms with van der Waals surface area (Å²) in [7, 11) is 1.57. The molecule has 4 heteroatoms. The van der Waals surface area contributed by atoms with Crippen molar-refractivity contribution in [3.8, 4) is 0 Å². The largest absolute Gasteiger partial charge is 0.371 e. The monoisotopic (exact) mass is 184 g/mol. The smallest absolute Gasteiger partial charge is 0.247 e. The van der Waals surface area contributed by atoms with Gasteiger partial charge in [0.15, 0.2) is 0 Å². The van der Waals surface area contributed by atoms with E-state index in [1.165, 1.54) is 0 Å². The van der Waals surface area contributed by atoms with Crippen LogP contribution in [0.3, 0.4) is 0 Å². The van der Waals surface area contributed by atoms with E-state index in [9.17, 15) is 4.79 Å². The quantitative estimate of drug-likeness (QED) is 0.648. The third-order valence-corrected chi connectivity index (χ3v) is 3.44. The van der Waals surface area contributed by atoms with Gasteiger partial charge in [-0.3, -0.25) is 4.79 Å². The summed E-state index contributed by atoms with van der Waals surface area (Å²) in [5.74, 6) is -0.314. The van der Waals surface area contributed by atoms with E-state index in [4.69, 9.17) is 10.5 Å². The van der Waals surface area contributed by atoms with Crippen molar-refractivity contribution in [3.63, 3.8) is 0 Å². The maximum atomic E-state index is 11.2. The highest BCUT2D eigenvalue weighted by Gasteiger charge is 2.51. The molecule has 0 saturated carbocycles. The maximum absolute atomic E-state index is 11.2. The van der Waals surface area contributed by atoms with E-state index in [0.29, 0.717) is 0 Å². The van der Waals surface area contributed by atoms with E-state index in [2.05, 4.69) is 4.90 Å². The summed E-state index contributed by atoms with van der Waals surface area (Å²) in [6.45, 7) is 3.16. The van der Waals surface area contributed by atoms with E-state index in [-0.39, 0.29) is 17.4 Å². The zero-order chi connectivity index (χ0) is 9.47. The van der Waals surface area contributed by atoms with Crippen LogP contribution in [-0.2, 0) is 9.53 Å². The number of hydrogen-bond donors (Lipinski definition) is 1. The Morgan fingerprint density at radius 1 is 1.54 bits per heavy atom. The van der Waals surface area contributed by atoms with Gasteiger partial charge in [-0.05, 0) is 25.9 Å². The third kappa shape index (κ3) is 1.25. The Bertz CT molecular complexity index is 222. The molecule has 1 atom stereocenters. The fraction of sp³-hybridized carbons (Fsp3) is 0.889. The number of fused-ring (bicyclic) bond motifs is 2. The minimum Gasteiger partial charge on any atom is -0.371 e. The minimum absolute atomic E-state index is 0.0284. The summed E-state index contributed by atoms with van der Waals surface area (Å²) in [5.41, 5.74) is 5.35. The second kappa shape index (κ2) is 2.96. The molecule has 1 amide bonds. The van der Waals surface area contributed by atoms with Gasteiger partial charge in [0.1, 0.15) is 6.10 Å². The van der Waals surface area contributed by atoms with E-state index >= 15 is 0 Å². The molecule has 0 aromatic carbocycles. The van der Waals surface area contributed by atoms with Crippen molar-refractivity contribution in [1.29, 1.82) is 0 Å². The zero-order valence-corrected chi connectivity index (χ0v) is 7.95. The fourth-order valence-corrected chi connectivity index (χ4v) is 2.77. The number of amides is 1. The molecule has 2 heterocycles. The lowest BCUT2D eigenvalue weighted by Crippen LogP contribution is -2.45.